The fourth-order valence-corrected chi connectivity index (χ4v) is 3.83. The molecule has 0 bridgehead atoms. The number of ether oxygens (including phenoxy) is 1. The fourth-order valence-electron chi connectivity index (χ4n) is 3.83. The number of anilines is 1. The minimum absolute atomic E-state index is 0.0360. The quantitative estimate of drug-likeness (QED) is 0.883. The van der Waals surface area contributed by atoms with Crippen LogP contribution in [0.1, 0.15) is 43.5 Å². The Hall–Kier alpha value is -1.66. The van der Waals surface area contributed by atoms with E-state index >= 15 is 0 Å². The van der Waals surface area contributed by atoms with Gasteiger partial charge in [0.2, 0.25) is 0 Å². The minimum atomic E-state index is -0.0360. The highest BCUT2D eigenvalue weighted by atomic mass is 16.5. The van der Waals surface area contributed by atoms with Crippen LogP contribution in [0.4, 0.5) is 5.82 Å². The van der Waals surface area contributed by atoms with Crippen molar-refractivity contribution in [1.82, 2.24) is 15.2 Å². The van der Waals surface area contributed by atoms with Gasteiger partial charge in [-0.15, -0.1) is 0 Å². The number of aromatic nitrogens is 1. The van der Waals surface area contributed by atoms with Gasteiger partial charge in [0.15, 0.2) is 0 Å². The van der Waals surface area contributed by atoms with E-state index in [-0.39, 0.29) is 5.91 Å². The summed E-state index contributed by atoms with van der Waals surface area (Å²) in [6, 6.07) is 4.64. The van der Waals surface area contributed by atoms with Crippen molar-refractivity contribution in [3.8, 4) is 0 Å². The third-order valence-electron chi connectivity index (χ3n) is 5.32. The average Bonchev–Trinajstić information content (AvgIpc) is 2.67. The molecule has 2 aliphatic heterocycles. The monoisotopic (exact) mass is 346 g/mol. The van der Waals surface area contributed by atoms with Crippen molar-refractivity contribution in [1.29, 1.82) is 0 Å². The smallest absolute Gasteiger partial charge is 0.255 e. The summed E-state index contributed by atoms with van der Waals surface area (Å²) in [6.07, 6.45) is 5.57. The Bertz CT molecular complexity index is 574. The van der Waals surface area contributed by atoms with Crippen LogP contribution in [-0.4, -0.2) is 67.3 Å². The first kappa shape index (κ1) is 18.1. The molecule has 1 aromatic heterocycles. The molecule has 0 aromatic carbocycles. The lowest BCUT2D eigenvalue weighted by Crippen LogP contribution is -2.48. The molecule has 6 heteroatoms. The van der Waals surface area contributed by atoms with Crippen LogP contribution in [0.15, 0.2) is 18.3 Å². The van der Waals surface area contributed by atoms with Crippen LogP contribution in [-0.2, 0) is 4.74 Å². The Morgan fingerprint density at radius 3 is 2.92 bits per heavy atom. The molecule has 6 nitrogen and oxygen atoms in total. The zero-order chi connectivity index (χ0) is 17.6. The number of likely N-dealkylation sites (tertiary alicyclic amines) is 1. The summed E-state index contributed by atoms with van der Waals surface area (Å²) in [5.74, 6) is 0.730. The summed E-state index contributed by atoms with van der Waals surface area (Å²) in [5, 5.41) is 3.12. The van der Waals surface area contributed by atoms with Gasteiger partial charge in [-0.2, -0.15) is 0 Å². The predicted octanol–water partition coefficient (Wildman–Crippen LogP) is 1.91. The van der Waals surface area contributed by atoms with Gasteiger partial charge >= 0.3 is 0 Å². The van der Waals surface area contributed by atoms with E-state index in [1.54, 1.807) is 6.20 Å². The van der Waals surface area contributed by atoms with Crippen LogP contribution in [0.2, 0.25) is 0 Å². The van der Waals surface area contributed by atoms with Crippen LogP contribution in [0.25, 0.3) is 0 Å². The van der Waals surface area contributed by atoms with Crippen LogP contribution in [0, 0.1) is 0 Å². The first-order chi connectivity index (χ1) is 12.2. The molecule has 138 valence electrons. The van der Waals surface area contributed by atoms with E-state index in [9.17, 15) is 4.79 Å². The van der Waals surface area contributed by atoms with Gasteiger partial charge in [-0.1, -0.05) is 6.42 Å². The number of amides is 1. The summed E-state index contributed by atoms with van der Waals surface area (Å²) >= 11 is 0. The number of rotatable bonds is 5. The second-order valence-corrected chi connectivity index (χ2v) is 7.12. The van der Waals surface area contributed by atoms with Crippen molar-refractivity contribution in [2.24, 2.45) is 0 Å². The van der Waals surface area contributed by atoms with Crippen LogP contribution < -0.4 is 10.2 Å². The van der Waals surface area contributed by atoms with E-state index in [0.29, 0.717) is 37.4 Å². The van der Waals surface area contributed by atoms with Crippen molar-refractivity contribution in [2.45, 2.75) is 45.2 Å². The predicted molar refractivity (Wildman–Crippen MR) is 99.1 cm³/mol. The summed E-state index contributed by atoms with van der Waals surface area (Å²) in [7, 11) is 0. The number of nitrogens with one attached hydrogen (secondary N) is 1. The van der Waals surface area contributed by atoms with Gasteiger partial charge in [0.1, 0.15) is 5.82 Å². The maximum absolute atomic E-state index is 12.7. The number of carbonyl (C=O) groups excluding carboxylic acids is 1. The van der Waals surface area contributed by atoms with E-state index in [2.05, 4.69) is 33.9 Å². The molecule has 0 spiro atoms. The average molecular weight is 346 g/mol. The van der Waals surface area contributed by atoms with Gasteiger partial charge in [-0.25, -0.2) is 4.98 Å². The fraction of sp³-hybridized carbons (Fsp3) is 0.684. The van der Waals surface area contributed by atoms with E-state index in [1.165, 1.54) is 19.3 Å². The Morgan fingerprint density at radius 2 is 2.16 bits per heavy atom. The van der Waals surface area contributed by atoms with Gasteiger partial charge in [0.05, 0.1) is 18.8 Å². The molecular formula is C19H30N4O2. The van der Waals surface area contributed by atoms with Gasteiger partial charge in [0, 0.05) is 37.9 Å². The molecule has 0 aliphatic carbocycles. The molecule has 3 rings (SSSR count). The van der Waals surface area contributed by atoms with Gasteiger partial charge in [-0.3, -0.25) is 9.69 Å². The van der Waals surface area contributed by atoms with E-state index < -0.39 is 0 Å². The van der Waals surface area contributed by atoms with Crippen molar-refractivity contribution >= 4 is 11.7 Å². The molecule has 2 fully saturated rings. The van der Waals surface area contributed by atoms with E-state index in [4.69, 9.17) is 4.74 Å². The molecule has 0 radical (unpaired) electrons. The van der Waals surface area contributed by atoms with Crippen LogP contribution in [0.3, 0.4) is 0 Å². The summed E-state index contributed by atoms with van der Waals surface area (Å²) in [4.78, 5) is 21.8. The second kappa shape index (κ2) is 8.63. The molecule has 0 saturated carbocycles. The highest BCUT2D eigenvalue weighted by Crippen LogP contribution is 2.20. The first-order valence-corrected chi connectivity index (χ1v) is 9.48. The summed E-state index contributed by atoms with van der Waals surface area (Å²) in [6.45, 7) is 9.20. The molecule has 2 saturated heterocycles. The number of piperidine rings is 1. The summed E-state index contributed by atoms with van der Waals surface area (Å²) in [5.41, 5.74) is 0.656. The number of hydrogen-bond acceptors (Lipinski definition) is 5. The van der Waals surface area contributed by atoms with E-state index in [0.717, 1.165) is 25.5 Å². The highest BCUT2D eigenvalue weighted by Gasteiger charge is 2.24. The largest absolute Gasteiger partial charge is 0.378 e. The van der Waals surface area contributed by atoms with Crippen molar-refractivity contribution in [3.05, 3.63) is 23.9 Å². The molecule has 2 atom stereocenters. The minimum Gasteiger partial charge on any atom is -0.378 e. The molecular weight excluding hydrogens is 316 g/mol. The molecule has 3 heterocycles. The van der Waals surface area contributed by atoms with Gasteiger partial charge in [-0.05, 0) is 45.4 Å². The number of nitrogens with zero attached hydrogens (tertiary/aromatic N) is 3. The highest BCUT2D eigenvalue weighted by molar-refractivity contribution is 5.98. The van der Waals surface area contributed by atoms with Crippen molar-refractivity contribution < 1.29 is 9.53 Å². The van der Waals surface area contributed by atoms with Gasteiger partial charge < -0.3 is 15.0 Å². The Kier molecular flexibility index (Phi) is 6.26. The normalized spacial score (nSPS) is 23.3. The Labute approximate surface area is 150 Å². The maximum atomic E-state index is 12.7. The number of morpholine rings is 1. The SMILES string of the molecule is C[C@H]1CCCCN1[C@@H](C)CNC(=O)c1cccnc1N1CCOCC1. The standard InChI is InChI=1S/C19H30N4O2/c1-15-6-3-4-9-23(15)16(2)14-21-19(24)17-7-5-8-20-18(17)22-10-12-25-13-11-22/h5,7-8,15-16H,3-4,6,9-14H2,1-2H3,(H,21,24)/t15-,16-/m0/s1. The Balaban J connectivity index is 1.61. The lowest BCUT2D eigenvalue weighted by Gasteiger charge is -2.38. The van der Waals surface area contributed by atoms with Crippen LogP contribution >= 0.6 is 0 Å². The molecule has 25 heavy (non-hydrogen) atoms. The molecule has 2 aliphatic rings. The topological polar surface area (TPSA) is 57.7 Å². The molecule has 1 amide bonds. The lowest BCUT2D eigenvalue weighted by atomic mass is 10.0. The number of hydrogen-bond donors (Lipinski definition) is 1. The third kappa shape index (κ3) is 4.50. The lowest BCUT2D eigenvalue weighted by molar-refractivity contribution is 0.0885. The zero-order valence-electron chi connectivity index (χ0n) is 15.4. The second-order valence-electron chi connectivity index (χ2n) is 7.12. The number of pyridine rings is 1. The third-order valence-corrected chi connectivity index (χ3v) is 5.32. The number of carbonyl (C=O) groups is 1. The maximum Gasteiger partial charge on any atom is 0.255 e. The molecule has 0 unspecified atom stereocenters. The van der Waals surface area contributed by atoms with Crippen molar-refractivity contribution in [2.75, 3.05) is 44.3 Å². The van der Waals surface area contributed by atoms with Crippen LogP contribution in [0.5, 0.6) is 0 Å². The molecule has 1 aromatic rings. The zero-order valence-corrected chi connectivity index (χ0v) is 15.4. The van der Waals surface area contributed by atoms with E-state index in [1.807, 2.05) is 12.1 Å². The Morgan fingerprint density at radius 1 is 1.36 bits per heavy atom. The first-order valence-electron chi connectivity index (χ1n) is 9.48. The van der Waals surface area contributed by atoms with Gasteiger partial charge in [0.25, 0.3) is 5.91 Å². The summed E-state index contributed by atoms with van der Waals surface area (Å²) < 4.78 is 5.40. The van der Waals surface area contributed by atoms with Crippen molar-refractivity contribution in [3.63, 3.8) is 0 Å². The molecule has 1 N–H and O–H groups in total.